The number of ketones is 1. The highest BCUT2D eigenvalue weighted by Crippen LogP contribution is 2.31. The first-order valence-corrected chi connectivity index (χ1v) is 12.8. The zero-order valence-electron chi connectivity index (χ0n) is 18.6. The number of thioether (sulfide) groups is 1. The van der Waals surface area contributed by atoms with Gasteiger partial charge in [-0.25, -0.2) is 4.98 Å². The number of rotatable bonds is 6. The van der Waals surface area contributed by atoms with E-state index in [4.69, 9.17) is 4.98 Å². The predicted molar refractivity (Wildman–Crippen MR) is 129 cm³/mol. The number of para-hydroxylation sites is 1. The average molecular weight is 465 g/mol. The number of nitrogens with zero attached hydrogens (tertiary/aromatic N) is 3. The second-order valence-corrected chi connectivity index (χ2v) is 9.83. The van der Waals surface area contributed by atoms with Crippen molar-refractivity contribution in [1.29, 1.82) is 0 Å². The van der Waals surface area contributed by atoms with Crippen molar-refractivity contribution in [3.8, 4) is 0 Å². The molecule has 1 aromatic carbocycles. The zero-order chi connectivity index (χ0) is 22.8. The Labute approximate surface area is 196 Å². The van der Waals surface area contributed by atoms with E-state index in [-0.39, 0.29) is 29.0 Å². The molecule has 0 spiro atoms. The number of nitrogens with one attached hydrogen (secondary N) is 1. The molecule has 2 fully saturated rings. The number of aromatic nitrogens is 3. The number of carbonyl (C=O) groups is 2. The van der Waals surface area contributed by atoms with Gasteiger partial charge in [-0.15, -0.1) is 0 Å². The van der Waals surface area contributed by atoms with Crippen molar-refractivity contribution in [1.82, 2.24) is 19.4 Å². The summed E-state index contributed by atoms with van der Waals surface area (Å²) in [6.45, 7) is 1.53. The van der Waals surface area contributed by atoms with Gasteiger partial charge in [-0.1, -0.05) is 43.2 Å². The Morgan fingerprint density at radius 1 is 1.06 bits per heavy atom. The fraction of sp³-hybridized carbons (Fsp3) is 0.440. The van der Waals surface area contributed by atoms with Crippen molar-refractivity contribution >= 4 is 34.4 Å². The molecule has 0 bridgehead atoms. The topological polar surface area (TPSA) is 88.1 Å². The number of H-pyrrole nitrogens is 1. The number of amides is 1. The van der Waals surface area contributed by atoms with E-state index in [1.54, 1.807) is 12.3 Å². The maximum absolute atomic E-state index is 13.3. The second kappa shape index (κ2) is 9.55. The minimum atomic E-state index is -0.0886. The maximum Gasteiger partial charge on any atom is 0.270 e. The van der Waals surface area contributed by atoms with E-state index >= 15 is 0 Å². The van der Waals surface area contributed by atoms with E-state index in [2.05, 4.69) is 4.98 Å². The summed E-state index contributed by atoms with van der Waals surface area (Å²) in [6, 6.07) is 9.17. The summed E-state index contributed by atoms with van der Waals surface area (Å²) in [5.74, 6) is 0.0167. The number of aromatic amines is 1. The minimum absolute atomic E-state index is 0.0254. The number of likely N-dealkylation sites (tertiary alicyclic amines) is 1. The summed E-state index contributed by atoms with van der Waals surface area (Å²) < 4.78 is 1.82. The molecule has 0 radical (unpaired) electrons. The Kier molecular flexibility index (Phi) is 6.35. The van der Waals surface area contributed by atoms with Crippen molar-refractivity contribution in [2.24, 2.45) is 0 Å². The summed E-state index contributed by atoms with van der Waals surface area (Å²) in [7, 11) is 0. The van der Waals surface area contributed by atoms with Crippen LogP contribution in [-0.2, 0) is 0 Å². The summed E-state index contributed by atoms with van der Waals surface area (Å²) >= 11 is 1.31. The standard InChI is InChI=1S/C25H28N4O3S/c30-22(17-14-21(26-15-17)24(32)28-12-6-7-13-28)16-33-25-27-20-11-5-4-10-19(20)23(31)29(25)18-8-2-1-3-9-18/h4-5,10-11,14-15,18,26H,1-3,6-9,12-13,16H2. The van der Waals surface area contributed by atoms with Gasteiger partial charge in [0.25, 0.3) is 11.5 Å². The molecule has 3 aromatic rings. The third-order valence-corrected chi connectivity index (χ3v) is 7.63. The van der Waals surface area contributed by atoms with Crippen LogP contribution in [0.25, 0.3) is 10.9 Å². The van der Waals surface area contributed by atoms with Gasteiger partial charge in [0.05, 0.1) is 16.7 Å². The van der Waals surface area contributed by atoms with Crippen LogP contribution in [0.4, 0.5) is 0 Å². The van der Waals surface area contributed by atoms with Gasteiger partial charge in [0.15, 0.2) is 10.9 Å². The van der Waals surface area contributed by atoms with Crippen molar-refractivity contribution in [2.45, 2.75) is 56.1 Å². The van der Waals surface area contributed by atoms with Crippen LogP contribution in [0.1, 0.15) is 71.8 Å². The van der Waals surface area contributed by atoms with E-state index in [1.807, 2.05) is 33.7 Å². The quantitative estimate of drug-likeness (QED) is 0.331. The second-order valence-electron chi connectivity index (χ2n) is 8.89. The van der Waals surface area contributed by atoms with E-state index in [9.17, 15) is 14.4 Å². The van der Waals surface area contributed by atoms with Gasteiger partial charge in [0, 0.05) is 30.9 Å². The summed E-state index contributed by atoms with van der Waals surface area (Å²) in [4.78, 5) is 48.4. The summed E-state index contributed by atoms with van der Waals surface area (Å²) in [6.07, 6.45) is 8.97. The smallest absolute Gasteiger partial charge is 0.270 e. The molecule has 2 aromatic heterocycles. The Balaban J connectivity index is 1.37. The highest BCUT2D eigenvalue weighted by Gasteiger charge is 2.24. The fourth-order valence-corrected chi connectivity index (χ4v) is 5.83. The number of carbonyl (C=O) groups excluding carboxylic acids is 2. The number of benzene rings is 1. The molecule has 1 aliphatic heterocycles. The van der Waals surface area contributed by atoms with Crippen LogP contribution in [0.2, 0.25) is 0 Å². The zero-order valence-corrected chi connectivity index (χ0v) is 19.4. The molecule has 0 unspecified atom stereocenters. The lowest BCUT2D eigenvalue weighted by Crippen LogP contribution is -2.29. The number of Topliss-reactive ketones (excluding diaryl/α,β-unsaturated/α-hetero) is 1. The van der Waals surface area contributed by atoms with Crippen LogP contribution in [0, 0.1) is 0 Å². The lowest BCUT2D eigenvalue weighted by Gasteiger charge is -2.26. The number of fused-ring (bicyclic) bond motifs is 1. The molecule has 1 aliphatic carbocycles. The lowest BCUT2D eigenvalue weighted by molar-refractivity contribution is 0.0787. The number of hydrogen-bond acceptors (Lipinski definition) is 5. The van der Waals surface area contributed by atoms with Gasteiger partial charge in [-0.05, 0) is 43.9 Å². The van der Waals surface area contributed by atoms with Gasteiger partial charge < -0.3 is 9.88 Å². The van der Waals surface area contributed by atoms with E-state index < -0.39 is 0 Å². The maximum atomic E-state index is 13.3. The lowest BCUT2D eigenvalue weighted by atomic mass is 9.95. The van der Waals surface area contributed by atoms with E-state index in [0.717, 1.165) is 51.6 Å². The third kappa shape index (κ3) is 4.49. The summed E-state index contributed by atoms with van der Waals surface area (Å²) in [5.41, 5.74) is 1.57. The van der Waals surface area contributed by atoms with Crippen molar-refractivity contribution < 1.29 is 9.59 Å². The Morgan fingerprint density at radius 2 is 1.82 bits per heavy atom. The highest BCUT2D eigenvalue weighted by atomic mass is 32.2. The monoisotopic (exact) mass is 464 g/mol. The predicted octanol–water partition coefficient (Wildman–Crippen LogP) is 4.44. The van der Waals surface area contributed by atoms with Crippen LogP contribution in [-0.4, -0.2) is 50.0 Å². The van der Waals surface area contributed by atoms with Crippen molar-refractivity contribution in [3.05, 3.63) is 58.1 Å². The molecule has 0 atom stereocenters. The fourth-order valence-electron chi connectivity index (χ4n) is 4.87. The van der Waals surface area contributed by atoms with Crippen LogP contribution in [0.3, 0.4) is 0 Å². The Hall–Kier alpha value is -2.87. The first-order valence-electron chi connectivity index (χ1n) is 11.8. The normalized spacial score (nSPS) is 17.0. The first-order chi connectivity index (χ1) is 16.1. The van der Waals surface area contributed by atoms with Gasteiger partial charge in [0.1, 0.15) is 5.69 Å². The molecular weight excluding hydrogens is 436 g/mol. The average Bonchev–Trinajstić information content (AvgIpc) is 3.56. The molecule has 33 heavy (non-hydrogen) atoms. The molecular formula is C25H28N4O3S. The Bertz CT molecular complexity index is 1240. The van der Waals surface area contributed by atoms with Gasteiger partial charge in [-0.2, -0.15) is 0 Å². The molecule has 3 heterocycles. The largest absolute Gasteiger partial charge is 0.356 e. The van der Waals surface area contributed by atoms with Crippen molar-refractivity contribution in [2.75, 3.05) is 18.8 Å². The van der Waals surface area contributed by atoms with Crippen LogP contribution < -0.4 is 5.56 Å². The van der Waals surface area contributed by atoms with Crippen LogP contribution >= 0.6 is 11.8 Å². The molecule has 2 aliphatic rings. The molecule has 1 amide bonds. The minimum Gasteiger partial charge on any atom is -0.356 e. The summed E-state index contributed by atoms with van der Waals surface area (Å²) in [5, 5.41) is 1.22. The Morgan fingerprint density at radius 3 is 2.61 bits per heavy atom. The third-order valence-electron chi connectivity index (χ3n) is 6.68. The SMILES string of the molecule is O=C(CSc1nc2ccccc2c(=O)n1C1CCCCC1)c1c[nH]c(C(=O)N2CCCC2)c1. The molecule has 1 N–H and O–H groups in total. The molecule has 1 saturated heterocycles. The molecule has 5 rings (SSSR count). The number of hydrogen-bond donors (Lipinski definition) is 1. The van der Waals surface area contributed by atoms with Crippen LogP contribution in [0.15, 0.2) is 46.5 Å². The van der Waals surface area contributed by atoms with Gasteiger partial charge in [0.2, 0.25) is 0 Å². The van der Waals surface area contributed by atoms with E-state index in [0.29, 0.717) is 27.3 Å². The molecule has 7 nitrogen and oxygen atoms in total. The van der Waals surface area contributed by atoms with Crippen molar-refractivity contribution in [3.63, 3.8) is 0 Å². The van der Waals surface area contributed by atoms with Gasteiger partial charge >= 0.3 is 0 Å². The molecule has 172 valence electrons. The van der Waals surface area contributed by atoms with Gasteiger partial charge in [-0.3, -0.25) is 19.0 Å². The first kappa shape index (κ1) is 21.9. The molecule has 1 saturated carbocycles. The van der Waals surface area contributed by atoms with E-state index in [1.165, 1.54) is 18.2 Å². The van der Waals surface area contributed by atoms with Crippen LogP contribution in [0.5, 0.6) is 0 Å². The highest BCUT2D eigenvalue weighted by molar-refractivity contribution is 7.99. The molecule has 8 heteroatoms.